The molecule has 1 unspecified atom stereocenters. The summed E-state index contributed by atoms with van der Waals surface area (Å²) in [7, 11) is 0. The van der Waals surface area contributed by atoms with Crippen molar-refractivity contribution in [3.05, 3.63) is 81.3 Å². The molecule has 7 heteroatoms. The molecule has 0 aromatic heterocycles. The molecule has 1 aromatic carbocycles. The number of rotatable bonds is 6. The standard InChI is InChI=1S/C57H73N3O4/c1-33-25-40-18-20-46-41-26-35-30-59(32-41)42(27-34-9-3-2-4-10-34)19-21-48-55-23-22-43-50(52(40)60(46)31-35)44(33)28-39-17-16-38(36-11-5-6-12-36)29-47(56(55,51(39)43)54(62)63-48)57(55)45-15-7-13-37(14-8-24-58)49(45)53(61)64-57/h7,13,15-17,21,33-36,38-39,41-42,44,46-47,50H,2-6,8-12,14,18-20,22-32,58H2,1H3/b17-16-,48-21-/t33-,35-,38+,39+,41+,42-,44-,46-,47-,50-,55+,56+,57+/m0/s1. The number of aryl methyl sites for hydroxylation is 1. The number of ether oxygens (including phenoxy) is 2. The first-order chi connectivity index (χ1) is 31.4. The summed E-state index contributed by atoms with van der Waals surface area (Å²) in [5.74, 6) is 5.39. The molecule has 0 radical (unpaired) electrons. The molecule has 17 rings (SSSR count). The molecule has 7 nitrogen and oxygen atoms in total. The summed E-state index contributed by atoms with van der Waals surface area (Å²) in [5.41, 5.74) is 13.0. The second-order valence-corrected chi connectivity index (χ2v) is 24.2. The Morgan fingerprint density at radius 2 is 1.77 bits per heavy atom. The molecule has 9 heterocycles. The Morgan fingerprint density at radius 1 is 0.906 bits per heavy atom. The first-order valence-electron chi connectivity index (χ1n) is 27.0. The molecule has 2 N–H and O–H groups in total. The molecular formula is C57H73N3O4. The van der Waals surface area contributed by atoms with Crippen LogP contribution in [0.4, 0.5) is 0 Å². The molecular weight excluding hydrogens is 791 g/mol. The maximum absolute atomic E-state index is 16.2. The van der Waals surface area contributed by atoms with Gasteiger partial charge in [0.25, 0.3) is 0 Å². The van der Waals surface area contributed by atoms with E-state index < -0.39 is 16.4 Å². The van der Waals surface area contributed by atoms with Crippen molar-refractivity contribution in [2.45, 2.75) is 159 Å². The minimum atomic E-state index is -0.952. The number of fused-ring (bicyclic) bond motifs is 3. The zero-order valence-electron chi connectivity index (χ0n) is 38.7. The molecule has 12 bridgehead atoms. The molecule has 9 aliphatic heterocycles. The average Bonchev–Trinajstić information content (AvgIpc) is 4.01. The molecule has 1 aromatic rings. The lowest BCUT2D eigenvalue weighted by Crippen LogP contribution is -2.78. The third kappa shape index (κ3) is 5.03. The predicted molar refractivity (Wildman–Crippen MR) is 247 cm³/mol. The molecule has 3 spiro atoms. The molecule has 64 heavy (non-hydrogen) atoms. The van der Waals surface area contributed by atoms with Crippen LogP contribution >= 0.6 is 0 Å². The van der Waals surface area contributed by atoms with E-state index in [2.05, 4.69) is 53.2 Å². The lowest BCUT2D eigenvalue weighted by atomic mass is 9.27. The SMILES string of the molecule is C[C@H]1CC2=C3[C@H]4C5=C6[C@H](/C=C\[C@@H](C7CCCC7)C[C@H]7[C@]68C(=O)O/C(=C\C[C@@H](CC6CCCCC6)N6C[C@@H]9C[C@H](C6)[C@H](CC2)N3C9)[C@@]8(CC5)[C@]72OC(=O)c3c(CCCN)cccc32)C[C@H]41. The van der Waals surface area contributed by atoms with E-state index in [4.69, 9.17) is 15.2 Å². The third-order valence-corrected chi connectivity index (χ3v) is 21.7. The number of allylic oxidation sites excluding steroid dienone is 4. The predicted octanol–water partition coefficient (Wildman–Crippen LogP) is 10.5. The van der Waals surface area contributed by atoms with Crippen LogP contribution in [0.15, 0.2) is 64.6 Å². The maximum Gasteiger partial charge on any atom is 0.339 e. The summed E-state index contributed by atoms with van der Waals surface area (Å²) < 4.78 is 14.6. The molecule has 14 atom stereocenters. The summed E-state index contributed by atoms with van der Waals surface area (Å²) in [6, 6.07) is 7.62. The molecule has 16 aliphatic rings. The van der Waals surface area contributed by atoms with E-state index in [-0.39, 0.29) is 23.8 Å². The van der Waals surface area contributed by atoms with Crippen LogP contribution in [0.1, 0.15) is 157 Å². The number of carbonyl (C=O) groups is 2. The van der Waals surface area contributed by atoms with Gasteiger partial charge in [0.05, 0.1) is 11.0 Å². The fraction of sp³-hybridized carbons (Fsp3) is 0.719. The van der Waals surface area contributed by atoms with Gasteiger partial charge >= 0.3 is 11.9 Å². The molecule has 3 saturated heterocycles. The molecule has 6 fully saturated rings. The number of carbonyl (C=O) groups excluding carboxylic acids is 2. The summed E-state index contributed by atoms with van der Waals surface area (Å²) in [6.45, 7) is 6.77. The van der Waals surface area contributed by atoms with Crippen LogP contribution in [0.25, 0.3) is 0 Å². The first-order valence-corrected chi connectivity index (χ1v) is 27.0. The average molecular weight is 864 g/mol. The minimum Gasteiger partial charge on any atom is -0.449 e. The van der Waals surface area contributed by atoms with Crippen molar-refractivity contribution >= 4 is 11.9 Å². The van der Waals surface area contributed by atoms with E-state index in [1.54, 1.807) is 16.8 Å². The highest BCUT2D eigenvalue weighted by molar-refractivity contribution is 6.00. The molecule has 7 aliphatic carbocycles. The van der Waals surface area contributed by atoms with Crippen molar-refractivity contribution in [1.82, 2.24) is 9.80 Å². The van der Waals surface area contributed by atoms with Gasteiger partial charge in [0.2, 0.25) is 0 Å². The van der Waals surface area contributed by atoms with Gasteiger partial charge in [-0.05, 0) is 161 Å². The van der Waals surface area contributed by atoms with Gasteiger partial charge in [0, 0.05) is 54.8 Å². The van der Waals surface area contributed by atoms with Gasteiger partial charge in [-0.15, -0.1) is 0 Å². The van der Waals surface area contributed by atoms with Crippen molar-refractivity contribution in [3.8, 4) is 0 Å². The zero-order valence-corrected chi connectivity index (χ0v) is 38.7. The van der Waals surface area contributed by atoms with Gasteiger partial charge in [-0.25, -0.2) is 4.79 Å². The van der Waals surface area contributed by atoms with Gasteiger partial charge in [-0.1, -0.05) is 93.4 Å². The van der Waals surface area contributed by atoms with Gasteiger partial charge in [-0.2, -0.15) is 0 Å². The molecule has 0 amide bonds. The Balaban J connectivity index is 1.04. The minimum absolute atomic E-state index is 0.00756. The van der Waals surface area contributed by atoms with E-state index >= 15 is 9.59 Å². The molecule has 3 saturated carbocycles. The van der Waals surface area contributed by atoms with Crippen molar-refractivity contribution in [2.24, 2.45) is 75.7 Å². The monoisotopic (exact) mass is 864 g/mol. The topological polar surface area (TPSA) is 85.1 Å². The Bertz CT molecular complexity index is 2300. The second kappa shape index (κ2) is 14.4. The van der Waals surface area contributed by atoms with E-state index in [9.17, 15) is 0 Å². The van der Waals surface area contributed by atoms with E-state index in [1.165, 1.54) is 115 Å². The van der Waals surface area contributed by atoms with Gasteiger partial charge in [0.15, 0.2) is 5.60 Å². The smallest absolute Gasteiger partial charge is 0.339 e. The van der Waals surface area contributed by atoms with E-state index in [0.717, 1.165) is 73.3 Å². The van der Waals surface area contributed by atoms with Crippen LogP contribution < -0.4 is 5.73 Å². The highest BCUT2D eigenvalue weighted by Gasteiger charge is 2.93. The summed E-state index contributed by atoms with van der Waals surface area (Å²) in [6.07, 6.45) is 32.3. The fourth-order valence-corrected chi connectivity index (χ4v) is 19.6. The number of hydrogen-bond acceptors (Lipinski definition) is 7. The lowest BCUT2D eigenvalue weighted by molar-refractivity contribution is -0.281. The Hall–Kier alpha value is -3.16. The normalized spacial score (nSPS) is 46.3. The zero-order chi connectivity index (χ0) is 42.7. The number of esters is 2. The van der Waals surface area contributed by atoms with Crippen LogP contribution in [0, 0.1) is 70.0 Å². The van der Waals surface area contributed by atoms with Crippen molar-refractivity contribution in [3.63, 3.8) is 0 Å². The first kappa shape index (κ1) is 40.0. The number of nitrogens with two attached hydrogens (primary N) is 1. The van der Waals surface area contributed by atoms with Crippen LogP contribution in [-0.4, -0.2) is 60.0 Å². The fourth-order valence-electron chi connectivity index (χ4n) is 19.6. The Labute approximate surface area is 382 Å². The van der Waals surface area contributed by atoms with Crippen LogP contribution in [0.3, 0.4) is 0 Å². The largest absolute Gasteiger partial charge is 0.449 e. The molecule has 340 valence electrons. The van der Waals surface area contributed by atoms with Gasteiger partial charge in [-0.3, -0.25) is 9.69 Å². The van der Waals surface area contributed by atoms with E-state index in [1.807, 2.05) is 0 Å². The maximum atomic E-state index is 16.2. The van der Waals surface area contributed by atoms with Gasteiger partial charge in [0.1, 0.15) is 11.2 Å². The number of nitrogens with zero attached hydrogens (tertiary/aromatic N) is 2. The van der Waals surface area contributed by atoms with Crippen molar-refractivity contribution < 1.29 is 19.1 Å². The number of hydrogen-bond donors (Lipinski definition) is 1. The number of piperidine rings is 2. The Morgan fingerprint density at radius 3 is 2.62 bits per heavy atom. The number of benzene rings is 1. The van der Waals surface area contributed by atoms with Crippen LogP contribution in [0.5, 0.6) is 0 Å². The highest BCUT2D eigenvalue weighted by Crippen LogP contribution is 2.88. The summed E-state index contributed by atoms with van der Waals surface area (Å²) in [4.78, 5) is 37.3. The summed E-state index contributed by atoms with van der Waals surface area (Å²) in [5, 5.41) is 0. The Kier molecular flexibility index (Phi) is 9.01. The van der Waals surface area contributed by atoms with E-state index in [0.29, 0.717) is 60.1 Å². The third-order valence-electron chi connectivity index (χ3n) is 21.7. The van der Waals surface area contributed by atoms with Crippen molar-refractivity contribution in [2.75, 3.05) is 26.2 Å². The van der Waals surface area contributed by atoms with Crippen LogP contribution in [-0.2, 0) is 26.3 Å². The highest BCUT2D eigenvalue weighted by atomic mass is 16.6. The van der Waals surface area contributed by atoms with Gasteiger partial charge < -0.3 is 20.1 Å². The second-order valence-electron chi connectivity index (χ2n) is 24.2. The van der Waals surface area contributed by atoms with Crippen molar-refractivity contribution in [1.29, 1.82) is 0 Å². The quantitative estimate of drug-likeness (QED) is 0.225. The van der Waals surface area contributed by atoms with Crippen LogP contribution in [0.2, 0.25) is 0 Å². The lowest BCUT2D eigenvalue weighted by Gasteiger charge is -2.73. The summed E-state index contributed by atoms with van der Waals surface area (Å²) >= 11 is 0.